The summed E-state index contributed by atoms with van der Waals surface area (Å²) in [5.41, 5.74) is 17.3. The minimum Gasteiger partial charge on any atom is -0.323 e. The van der Waals surface area contributed by atoms with Gasteiger partial charge in [0.2, 0.25) is 0 Å². The molecule has 1 aromatic heterocycles. The largest absolute Gasteiger partial charge is 0.323 e. The van der Waals surface area contributed by atoms with Crippen LogP contribution in [-0.2, 0) is 12.8 Å². The lowest BCUT2D eigenvalue weighted by atomic mass is 9.35. The number of hydrogen-bond donors (Lipinski definition) is 0. The van der Waals surface area contributed by atoms with E-state index in [-0.39, 0.29) is 6.71 Å². The van der Waals surface area contributed by atoms with Crippen LogP contribution in [0.1, 0.15) is 29.7 Å². The van der Waals surface area contributed by atoms with E-state index in [1.54, 1.807) is 0 Å². The van der Waals surface area contributed by atoms with E-state index in [9.17, 15) is 0 Å². The van der Waals surface area contributed by atoms with Gasteiger partial charge in [-0.1, -0.05) is 91.0 Å². The average Bonchev–Trinajstić information content (AvgIpc) is 3.46. The lowest BCUT2D eigenvalue weighted by Crippen LogP contribution is -2.63. The molecule has 0 saturated carbocycles. The van der Waals surface area contributed by atoms with Gasteiger partial charge in [-0.3, -0.25) is 0 Å². The molecule has 4 heteroatoms. The Balaban J connectivity index is 1.39. The Kier molecular flexibility index (Phi) is 5.84. The van der Waals surface area contributed by atoms with Crippen molar-refractivity contribution in [3.8, 4) is 5.69 Å². The van der Waals surface area contributed by atoms with Gasteiger partial charge >= 0.3 is 0 Å². The van der Waals surface area contributed by atoms with Gasteiger partial charge < -0.3 is 14.4 Å². The minimum absolute atomic E-state index is 0.0799. The highest BCUT2D eigenvalue weighted by atomic mass is 15.2. The zero-order valence-electron chi connectivity index (χ0n) is 26.5. The summed E-state index contributed by atoms with van der Waals surface area (Å²) in [7, 11) is 0. The Morgan fingerprint density at radius 1 is 0.553 bits per heavy atom. The van der Waals surface area contributed by atoms with Gasteiger partial charge in [0.25, 0.3) is 6.71 Å². The number of nitrogens with zero attached hydrogens (tertiary/aromatic N) is 3. The van der Waals surface area contributed by atoms with E-state index in [1.807, 2.05) is 0 Å². The van der Waals surface area contributed by atoms with Crippen LogP contribution in [0, 0.1) is 6.92 Å². The van der Waals surface area contributed by atoms with Crippen LogP contribution < -0.4 is 26.3 Å². The summed E-state index contributed by atoms with van der Waals surface area (Å²) in [4.78, 5) is 5.11. The molecule has 3 nitrogen and oxygen atoms in total. The summed E-state index contributed by atoms with van der Waals surface area (Å²) in [5.74, 6) is 0. The number of anilines is 6. The minimum atomic E-state index is 0.0799. The van der Waals surface area contributed by atoms with E-state index in [2.05, 4.69) is 161 Å². The van der Waals surface area contributed by atoms with Crippen molar-refractivity contribution in [2.45, 2.75) is 32.6 Å². The van der Waals surface area contributed by atoms with E-state index in [1.165, 1.54) is 96.8 Å². The number of para-hydroxylation sites is 3. The Hall–Kier alpha value is -5.48. The SMILES string of the molecule is Cc1cc2c3c(c1)N(c1ccccc1)c1c4c(n(-c5cccc6ccccc56)c1B3c1ccccc1N2c1ccccc1)CCCC4. The lowest BCUT2D eigenvalue weighted by molar-refractivity contribution is 0.665. The summed E-state index contributed by atoms with van der Waals surface area (Å²) in [5, 5.41) is 2.58. The van der Waals surface area contributed by atoms with E-state index in [0.29, 0.717) is 0 Å². The van der Waals surface area contributed by atoms with Crippen LogP contribution >= 0.6 is 0 Å². The fourth-order valence-corrected chi connectivity index (χ4v) is 8.74. The molecule has 2 aliphatic heterocycles. The van der Waals surface area contributed by atoms with Crippen molar-refractivity contribution < 1.29 is 0 Å². The summed E-state index contributed by atoms with van der Waals surface area (Å²) < 4.78 is 2.70. The fraction of sp³-hybridized carbons (Fsp3) is 0.116. The van der Waals surface area contributed by atoms with E-state index < -0.39 is 0 Å². The van der Waals surface area contributed by atoms with E-state index in [0.717, 1.165) is 12.8 Å². The van der Waals surface area contributed by atoms with Crippen LogP contribution in [0.5, 0.6) is 0 Å². The molecule has 0 saturated heterocycles. The maximum Gasteiger partial charge on any atom is 0.273 e. The molecule has 7 aromatic rings. The number of rotatable bonds is 3. The molecule has 0 bridgehead atoms. The third-order valence-electron chi connectivity index (χ3n) is 10.6. The van der Waals surface area contributed by atoms with Crippen LogP contribution in [0.2, 0.25) is 0 Å². The molecule has 10 rings (SSSR count). The molecule has 47 heavy (non-hydrogen) atoms. The fourth-order valence-electron chi connectivity index (χ4n) is 8.74. The van der Waals surface area contributed by atoms with Gasteiger partial charge in [0.1, 0.15) is 0 Å². The van der Waals surface area contributed by atoms with Gasteiger partial charge in [0, 0.05) is 45.1 Å². The van der Waals surface area contributed by atoms with Crippen LogP contribution in [0.4, 0.5) is 34.1 Å². The smallest absolute Gasteiger partial charge is 0.273 e. The number of aromatic nitrogens is 1. The van der Waals surface area contributed by atoms with Crippen molar-refractivity contribution in [1.82, 2.24) is 4.57 Å². The second-order valence-electron chi connectivity index (χ2n) is 13.3. The lowest BCUT2D eigenvalue weighted by Gasteiger charge is -2.44. The van der Waals surface area contributed by atoms with E-state index >= 15 is 0 Å². The average molecular weight is 604 g/mol. The molecule has 6 aromatic carbocycles. The molecule has 3 heterocycles. The topological polar surface area (TPSA) is 11.4 Å². The quantitative estimate of drug-likeness (QED) is 0.187. The normalized spacial score (nSPS) is 14.4. The van der Waals surface area contributed by atoms with Crippen molar-refractivity contribution in [2.24, 2.45) is 0 Å². The third-order valence-corrected chi connectivity index (χ3v) is 10.6. The Labute approximate surface area is 276 Å². The summed E-state index contributed by atoms with van der Waals surface area (Å²) >= 11 is 0. The van der Waals surface area contributed by atoms with Crippen LogP contribution in [0.3, 0.4) is 0 Å². The van der Waals surface area contributed by atoms with Crippen molar-refractivity contribution in [3.63, 3.8) is 0 Å². The zero-order chi connectivity index (χ0) is 31.1. The predicted octanol–water partition coefficient (Wildman–Crippen LogP) is 8.90. The highest BCUT2D eigenvalue weighted by molar-refractivity contribution is 7.00. The van der Waals surface area contributed by atoms with Crippen molar-refractivity contribution in [2.75, 3.05) is 9.80 Å². The molecular weight excluding hydrogens is 569 g/mol. The van der Waals surface area contributed by atoms with Crippen LogP contribution in [-0.4, -0.2) is 11.3 Å². The van der Waals surface area contributed by atoms with E-state index in [4.69, 9.17) is 0 Å². The monoisotopic (exact) mass is 603 g/mol. The molecule has 0 amide bonds. The predicted molar refractivity (Wildman–Crippen MR) is 199 cm³/mol. The first-order valence-electron chi connectivity index (χ1n) is 17.0. The second kappa shape index (κ2) is 10.3. The zero-order valence-corrected chi connectivity index (χ0v) is 26.5. The molecule has 0 atom stereocenters. The Morgan fingerprint density at radius 3 is 1.98 bits per heavy atom. The molecule has 0 radical (unpaired) electrons. The highest BCUT2D eigenvalue weighted by Crippen LogP contribution is 2.48. The number of benzene rings is 6. The van der Waals surface area contributed by atoms with Gasteiger partial charge in [-0.15, -0.1) is 0 Å². The van der Waals surface area contributed by atoms with Crippen molar-refractivity contribution in [1.29, 1.82) is 0 Å². The first-order chi connectivity index (χ1) is 23.3. The molecule has 0 fully saturated rings. The third kappa shape index (κ3) is 3.82. The maximum absolute atomic E-state index is 2.70. The summed E-state index contributed by atoms with van der Waals surface area (Å²) in [6.45, 7) is 2.33. The maximum atomic E-state index is 2.70. The molecule has 0 N–H and O–H groups in total. The van der Waals surface area contributed by atoms with Gasteiger partial charge in [0.05, 0.1) is 11.4 Å². The van der Waals surface area contributed by atoms with Gasteiger partial charge in [-0.25, -0.2) is 0 Å². The highest BCUT2D eigenvalue weighted by Gasteiger charge is 2.47. The molecule has 0 unspecified atom stereocenters. The molecule has 0 spiro atoms. The van der Waals surface area contributed by atoms with Crippen molar-refractivity contribution >= 4 is 68.1 Å². The van der Waals surface area contributed by atoms with Gasteiger partial charge in [0.15, 0.2) is 0 Å². The molecule has 3 aliphatic rings. The van der Waals surface area contributed by atoms with Crippen molar-refractivity contribution in [3.05, 3.63) is 156 Å². The van der Waals surface area contributed by atoms with Crippen LogP contribution in [0.25, 0.3) is 16.5 Å². The number of aryl methyl sites for hydroxylation is 1. The second-order valence-corrected chi connectivity index (χ2v) is 13.3. The Bertz CT molecular complexity index is 2330. The number of hydrogen-bond acceptors (Lipinski definition) is 2. The molecular formula is C43H34BN3. The van der Waals surface area contributed by atoms with Gasteiger partial charge in [-0.2, -0.15) is 0 Å². The standard InChI is InChI=1S/C43H34BN3/c1-29-27-39-41-40(28-29)46(32-19-6-3-7-20-32)42-34-22-10-12-24-37(34)47(36-26-14-16-30-15-8-9-21-33(30)36)43(42)44(41)35-23-11-13-25-38(35)45(39)31-17-4-2-5-18-31/h2-9,11,13-21,23,25-28H,10,12,22,24H2,1H3. The first-order valence-corrected chi connectivity index (χ1v) is 17.0. The Morgan fingerprint density at radius 2 is 1.17 bits per heavy atom. The van der Waals surface area contributed by atoms with Crippen LogP contribution in [0.15, 0.2) is 140 Å². The summed E-state index contributed by atoms with van der Waals surface area (Å²) in [6, 6.07) is 51.7. The van der Waals surface area contributed by atoms with Gasteiger partial charge in [-0.05, 0) is 109 Å². The number of fused-ring (bicyclic) bond motifs is 7. The molecule has 224 valence electrons. The first kappa shape index (κ1) is 26.7. The summed E-state index contributed by atoms with van der Waals surface area (Å²) in [6.07, 6.45) is 4.61. The molecule has 1 aliphatic carbocycles.